The van der Waals surface area contributed by atoms with Crippen molar-refractivity contribution in [2.24, 2.45) is 17.7 Å². The van der Waals surface area contributed by atoms with Crippen LogP contribution in [0.2, 0.25) is 0 Å². The average Bonchev–Trinajstić information content (AvgIpc) is 2.41. The minimum absolute atomic E-state index is 0.212. The normalized spacial score (nSPS) is 24.6. The summed E-state index contributed by atoms with van der Waals surface area (Å²) < 4.78 is 5.69. The fourth-order valence-electron chi connectivity index (χ4n) is 3.31. The molecule has 1 aliphatic carbocycles. The van der Waals surface area contributed by atoms with Crippen molar-refractivity contribution in [3.63, 3.8) is 0 Å². The van der Waals surface area contributed by atoms with Gasteiger partial charge in [-0.1, -0.05) is 31.9 Å². The number of ether oxygens (including phenoxy) is 1. The summed E-state index contributed by atoms with van der Waals surface area (Å²) in [7, 11) is 0. The van der Waals surface area contributed by atoms with Gasteiger partial charge in [0.2, 0.25) is 0 Å². The molecule has 2 rings (SSSR count). The zero-order chi connectivity index (χ0) is 14.5. The van der Waals surface area contributed by atoms with Crippen molar-refractivity contribution >= 4 is 0 Å². The minimum atomic E-state index is 0.212. The van der Waals surface area contributed by atoms with E-state index in [1.807, 2.05) is 26.0 Å². The molecule has 0 radical (unpaired) electrons. The molecule has 3 N–H and O–H groups in total. The Morgan fingerprint density at radius 3 is 2.45 bits per heavy atom. The molecule has 0 saturated heterocycles. The Kier molecular flexibility index (Phi) is 5.44. The molecule has 1 aliphatic rings. The van der Waals surface area contributed by atoms with Crippen LogP contribution < -0.4 is 16.0 Å². The van der Waals surface area contributed by atoms with E-state index in [9.17, 15) is 0 Å². The van der Waals surface area contributed by atoms with Gasteiger partial charge in [0.15, 0.2) is 0 Å². The van der Waals surface area contributed by atoms with Crippen LogP contribution in [0.5, 0.6) is 5.75 Å². The van der Waals surface area contributed by atoms with Gasteiger partial charge in [-0.15, -0.1) is 0 Å². The topological polar surface area (TPSA) is 47.3 Å². The van der Waals surface area contributed by atoms with Crippen LogP contribution in [0.1, 0.15) is 58.1 Å². The molecule has 0 amide bonds. The molecule has 0 heterocycles. The molecule has 1 aromatic carbocycles. The maximum Gasteiger partial charge on any atom is 0.119 e. The molecule has 112 valence electrons. The van der Waals surface area contributed by atoms with Crippen molar-refractivity contribution in [3.05, 3.63) is 29.8 Å². The predicted octanol–water partition coefficient (Wildman–Crippen LogP) is 3.80. The molecular formula is C17H28N2O. The molecule has 3 nitrogen and oxygen atoms in total. The van der Waals surface area contributed by atoms with Gasteiger partial charge < -0.3 is 4.74 Å². The highest BCUT2D eigenvalue weighted by molar-refractivity contribution is 5.29. The van der Waals surface area contributed by atoms with Gasteiger partial charge in [0.05, 0.1) is 6.10 Å². The first kappa shape index (κ1) is 15.3. The predicted molar refractivity (Wildman–Crippen MR) is 83.4 cm³/mol. The molecule has 1 saturated carbocycles. The van der Waals surface area contributed by atoms with E-state index in [1.165, 1.54) is 31.2 Å². The number of benzene rings is 1. The van der Waals surface area contributed by atoms with Gasteiger partial charge in [-0.3, -0.25) is 11.3 Å². The van der Waals surface area contributed by atoms with E-state index in [0.29, 0.717) is 5.92 Å². The van der Waals surface area contributed by atoms with Crippen LogP contribution in [-0.2, 0) is 0 Å². The summed E-state index contributed by atoms with van der Waals surface area (Å²) in [5.74, 6) is 8.20. The van der Waals surface area contributed by atoms with E-state index < -0.39 is 0 Å². The molecule has 1 fully saturated rings. The summed E-state index contributed by atoms with van der Waals surface area (Å²) in [6.07, 6.45) is 5.42. The summed E-state index contributed by atoms with van der Waals surface area (Å²) in [6.45, 7) is 6.43. The SMILES string of the molecule is CC1CCCC(C(NN)c2ccc(OC(C)C)cc2)C1. The van der Waals surface area contributed by atoms with Gasteiger partial charge in [0.1, 0.15) is 5.75 Å². The second-order valence-corrected chi connectivity index (χ2v) is 6.41. The van der Waals surface area contributed by atoms with E-state index in [4.69, 9.17) is 10.6 Å². The molecular weight excluding hydrogens is 248 g/mol. The smallest absolute Gasteiger partial charge is 0.119 e. The lowest BCUT2D eigenvalue weighted by Crippen LogP contribution is -2.35. The highest BCUT2D eigenvalue weighted by atomic mass is 16.5. The maximum absolute atomic E-state index is 5.82. The average molecular weight is 276 g/mol. The number of nitrogens with one attached hydrogen (secondary N) is 1. The van der Waals surface area contributed by atoms with E-state index in [2.05, 4.69) is 24.5 Å². The molecule has 0 spiro atoms. The number of rotatable bonds is 5. The summed E-state index contributed by atoms with van der Waals surface area (Å²) in [6, 6.07) is 8.63. The zero-order valence-corrected chi connectivity index (χ0v) is 12.9. The van der Waals surface area contributed by atoms with Gasteiger partial charge in [0.25, 0.3) is 0 Å². The number of nitrogens with two attached hydrogens (primary N) is 1. The molecule has 0 aliphatic heterocycles. The Hall–Kier alpha value is -1.06. The van der Waals surface area contributed by atoms with Gasteiger partial charge in [-0.05, 0) is 56.2 Å². The van der Waals surface area contributed by atoms with E-state index in [-0.39, 0.29) is 12.1 Å². The van der Waals surface area contributed by atoms with E-state index >= 15 is 0 Å². The quantitative estimate of drug-likeness (QED) is 0.635. The van der Waals surface area contributed by atoms with E-state index in [1.54, 1.807) is 0 Å². The van der Waals surface area contributed by atoms with E-state index in [0.717, 1.165) is 11.7 Å². The Labute approximate surface area is 122 Å². The highest BCUT2D eigenvalue weighted by Crippen LogP contribution is 2.37. The Morgan fingerprint density at radius 2 is 1.90 bits per heavy atom. The van der Waals surface area contributed by atoms with Crippen LogP contribution in [0.15, 0.2) is 24.3 Å². The number of hydrogen-bond donors (Lipinski definition) is 2. The number of hydrazine groups is 1. The lowest BCUT2D eigenvalue weighted by molar-refractivity contribution is 0.224. The minimum Gasteiger partial charge on any atom is -0.491 e. The highest BCUT2D eigenvalue weighted by Gasteiger charge is 2.27. The second kappa shape index (κ2) is 7.09. The third-order valence-electron chi connectivity index (χ3n) is 4.24. The Balaban J connectivity index is 2.07. The monoisotopic (exact) mass is 276 g/mol. The van der Waals surface area contributed by atoms with Crippen molar-refractivity contribution in [3.8, 4) is 5.75 Å². The van der Waals surface area contributed by atoms with Crippen molar-refractivity contribution in [2.45, 2.75) is 58.6 Å². The van der Waals surface area contributed by atoms with Crippen molar-refractivity contribution in [2.75, 3.05) is 0 Å². The first-order valence-corrected chi connectivity index (χ1v) is 7.83. The summed E-state index contributed by atoms with van der Waals surface area (Å²) in [5, 5.41) is 0. The Bertz CT molecular complexity index is 402. The molecule has 20 heavy (non-hydrogen) atoms. The second-order valence-electron chi connectivity index (χ2n) is 6.41. The summed E-state index contributed by atoms with van der Waals surface area (Å²) in [5.41, 5.74) is 4.29. The van der Waals surface area contributed by atoms with Gasteiger partial charge >= 0.3 is 0 Å². The lowest BCUT2D eigenvalue weighted by Gasteiger charge is -2.33. The van der Waals surface area contributed by atoms with Crippen LogP contribution >= 0.6 is 0 Å². The van der Waals surface area contributed by atoms with Crippen LogP contribution in [0.3, 0.4) is 0 Å². The first-order chi connectivity index (χ1) is 9.60. The largest absolute Gasteiger partial charge is 0.491 e. The molecule has 3 atom stereocenters. The zero-order valence-electron chi connectivity index (χ0n) is 12.9. The lowest BCUT2D eigenvalue weighted by atomic mass is 9.77. The van der Waals surface area contributed by atoms with Crippen molar-refractivity contribution < 1.29 is 4.74 Å². The molecule has 1 aromatic rings. The standard InChI is InChI=1S/C17H28N2O/c1-12(2)20-16-9-7-14(8-10-16)17(19-18)15-6-4-5-13(3)11-15/h7-10,12-13,15,17,19H,4-6,11,18H2,1-3H3. The number of hydrogen-bond acceptors (Lipinski definition) is 3. The van der Waals surface area contributed by atoms with Crippen molar-refractivity contribution in [1.29, 1.82) is 0 Å². The maximum atomic E-state index is 5.82. The molecule has 3 unspecified atom stereocenters. The fraction of sp³-hybridized carbons (Fsp3) is 0.647. The van der Waals surface area contributed by atoms with Gasteiger partial charge in [-0.25, -0.2) is 0 Å². The van der Waals surface area contributed by atoms with Crippen LogP contribution in [0.25, 0.3) is 0 Å². The van der Waals surface area contributed by atoms with Crippen molar-refractivity contribution in [1.82, 2.24) is 5.43 Å². The summed E-state index contributed by atoms with van der Waals surface area (Å²) >= 11 is 0. The van der Waals surface area contributed by atoms with Crippen LogP contribution in [-0.4, -0.2) is 6.10 Å². The van der Waals surface area contributed by atoms with Crippen LogP contribution in [0, 0.1) is 11.8 Å². The molecule has 3 heteroatoms. The molecule has 0 aromatic heterocycles. The molecule has 0 bridgehead atoms. The van der Waals surface area contributed by atoms with Gasteiger partial charge in [0, 0.05) is 6.04 Å². The third kappa shape index (κ3) is 3.97. The van der Waals surface area contributed by atoms with Gasteiger partial charge in [-0.2, -0.15) is 0 Å². The Morgan fingerprint density at radius 1 is 1.20 bits per heavy atom. The fourth-order valence-corrected chi connectivity index (χ4v) is 3.31. The first-order valence-electron chi connectivity index (χ1n) is 7.83. The summed E-state index contributed by atoms with van der Waals surface area (Å²) in [4.78, 5) is 0. The third-order valence-corrected chi connectivity index (χ3v) is 4.24. The van der Waals surface area contributed by atoms with Crippen LogP contribution in [0.4, 0.5) is 0 Å².